The lowest BCUT2D eigenvalue weighted by atomic mass is 9.87. The SMILES string of the molecule is Cc1nn(CC(=O)O[C@H](C)C(=O)N[C@@H]2CCCc3ccccc32)c(C)c1[N+](=O)[O-]. The minimum atomic E-state index is -0.983. The van der Waals surface area contributed by atoms with Gasteiger partial charge in [-0.15, -0.1) is 0 Å². The van der Waals surface area contributed by atoms with E-state index in [0.29, 0.717) is 0 Å². The van der Waals surface area contributed by atoms with Crippen LogP contribution >= 0.6 is 0 Å². The molecule has 0 saturated heterocycles. The van der Waals surface area contributed by atoms with Gasteiger partial charge in [-0.1, -0.05) is 24.3 Å². The van der Waals surface area contributed by atoms with Crippen molar-refractivity contribution in [3.8, 4) is 0 Å². The molecule has 0 bridgehead atoms. The van der Waals surface area contributed by atoms with Crippen molar-refractivity contribution in [1.29, 1.82) is 0 Å². The summed E-state index contributed by atoms with van der Waals surface area (Å²) in [7, 11) is 0. The van der Waals surface area contributed by atoms with Gasteiger partial charge in [0.1, 0.15) is 17.9 Å². The number of rotatable bonds is 6. The summed E-state index contributed by atoms with van der Waals surface area (Å²) in [5.41, 5.74) is 2.68. The standard InChI is InChI=1S/C20H24N4O5/c1-12-19(24(27)28)13(2)23(22-12)11-18(25)29-14(3)20(26)21-17-10-6-8-15-7-4-5-9-16(15)17/h4-5,7,9,14,17H,6,8,10-11H2,1-3H3,(H,21,26)/t14-,17-/m1/s1. The Kier molecular flexibility index (Phi) is 5.95. The fourth-order valence-corrected chi connectivity index (χ4v) is 3.71. The summed E-state index contributed by atoms with van der Waals surface area (Å²) in [5.74, 6) is -1.06. The van der Waals surface area contributed by atoms with Crippen molar-refractivity contribution < 1.29 is 19.2 Å². The van der Waals surface area contributed by atoms with Crippen LogP contribution in [0.5, 0.6) is 0 Å². The molecule has 1 aliphatic rings. The first-order valence-corrected chi connectivity index (χ1v) is 9.54. The number of nitrogens with zero attached hydrogens (tertiary/aromatic N) is 3. The zero-order valence-electron chi connectivity index (χ0n) is 16.7. The molecule has 2 atom stereocenters. The maximum atomic E-state index is 12.5. The number of aromatic nitrogens is 2. The number of hydrogen-bond acceptors (Lipinski definition) is 6. The lowest BCUT2D eigenvalue weighted by molar-refractivity contribution is -0.386. The Hall–Kier alpha value is -3.23. The van der Waals surface area contributed by atoms with Crippen molar-refractivity contribution in [2.75, 3.05) is 0 Å². The van der Waals surface area contributed by atoms with Crippen LogP contribution in [0.3, 0.4) is 0 Å². The van der Waals surface area contributed by atoms with Crippen molar-refractivity contribution >= 4 is 17.6 Å². The normalized spacial score (nSPS) is 16.6. The summed E-state index contributed by atoms with van der Waals surface area (Å²) in [4.78, 5) is 35.3. The summed E-state index contributed by atoms with van der Waals surface area (Å²) >= 11 is 0. The molecule has 0 fully saturated rings. The number of fused-ring (bicyclic) bond motifs is 1. The first-order chi connectivity index (χ1) is 13.8. The van der Waals surface area contributed by atoms with E-state index in [1.54, 1.807) is 0 Å². The Morgan fingerprint density at radius 1 is 1.38 bits per heavy atom. The second-order valence-electron chi connectivity index (χ2n) is 7.22. The first-order valence-electron chi connectivity index (χ1n) is 9.54. The second-order valence-corrected chi connectivity index (χ2v) is 7.22. The number of aryl methyl sites for hydroxylation is 2. The van der Waals surface area contributed by atoms with E-state index in [4.69, 9.17) is 4.74 Å². The summed E-state index contributed by atoms with van der Waals surface area (Å²) in [5, 5.41) is 18.0. The van der Waals surface area contributed by atoms with Crippen LogP contribution in [0.15, 0.2) is 24.3 Å². The van der Waals surface area contributed by atoms with E-state index < -0.39 is 17.0 Å². The molecule has 0 radical (unpaired) electrons. The zero-order chi connectivity index (χ0) is 21.1. The molecular formula is C20H24N4O5. The van der Waals surface area contributed by atoms with Crippen LogP contribution in [-0.2, 0) is 27.3 Å². The van der Waals surface area contributed by atoms with Crippen molar-refractivity contribution in [3.63, 3.8) is 0 Å². The number of amides is 1. The third-order valence-corrected chi connectivity index (χ3v) is 5.17. The Morgan fingerprint density at radius 2 is 2.10 bits per heavy atom. The third-order valence-electron chi connectivity index (χ3n) is 5.17. The van der Waals surface area contributed by atoms with E-state index in [-0.39, 0.29) is 35.6 Å². The minimum absolute atomic E-state index is 0.104. The van der Waals surface area contributed by atoms with E-state index in [1.165, 1.54) is 31.0 Å². The minimum Gasteiger partial charge on any atom is -0.451 e. The fraction of sp³-hybridized carbons (Fsp3) is 0.450. The lowest BCUT2D eigenvalue weighted by Gasteiger charge is -2.27. The van der Waals surface area contributed by atoms with Crippen LogP contribution in [0.4, 0.5) is 5.69 Å². The summed E-state index contributed by atoms with van der Waals surface area (Å²) in [6.45, 7) is 4.23. The fourth-order valence-electron chi connectivity index (χ4n) is 3.71. The Bertz CT molecular complexity index is 952. The van der Waals surface area contributed by atoms with Gasteiger partial charge < -0.3 is 10.1 Å². The van der Waals surface area contributed by atoms with E-state index in [9.17, 15) is 19.7 Å². The molecule has 1 aromatic heterocycles. The summed E-state index contributed by atoms with van der Waals surface area (Å²) in [6, 6.07) is 7.89. The maximum Gasteiger partial charge on any atom is 0.328 e. The molecule has 0 unspecified atom stereocenters. The first kappa shape index (κ1) is 20.5. The zero-order valence-corrected chi connectivity index (χ0v) is 16.7. The number of benzene rings is 1. The molecular weight excluding hydrogens is 376 g/mol. The average molecular weight is 400 g/mol. The van der Waals surface area contributed by atoms with Gasteiger partial charge in [-0.2, -0.15) is 5.10 Å². The van der Waals surface area contributed by atoms with Gasteiger partial charge in [0.05, 0.1) is 11.0 Å². The molecule has 0 aliphatic heterocycles. The Morgan fingerprint density at radius 3 is 2.79 bits per heavy atom. The van der Waals surface area contributed by atoms with Crippen molar-refractivity contribution in [3.05, 3.63) is 56.9 Å². The number of hydrogen-bond donors (Lipinski definition) is 1. The van der Waals surface area contributed by atoms with Gasteiger partial charge in [0.15, 0.2) is 6.10 Å². The number of nitrogens with one attached hydrogen (secondary N) is 1. The molecule has 0 spiro atoms. The molecule has 9 heteroatoms. The smallest absolute Gasteiger partial charge is 0.328 e. The Labute approximate surface area is 168 Å². The van der Waals surface area contributed by atoms with Crippen LogP contribution in [0.2, 0.25) is 0 Å². The third kappa shape index (κ3) is 4.44. The lowest BCUT2D eigenvalue weighted by Crippen LogP contribution is -2.39. The molecule has 1 aromatic carbocycles. The quantitative estimate of drug-likeness (QED) is 0.452. The molecule has 154 valence electrons. The molecule has 1 heterocycles. The molecule has 1 amide bonds. The molecule has 9 nitrogen and oxygen atoms in total. The maximum absolute atomic E-state index is 12.5. The molecule has 2 aromatic rings. The van der Waals surface area contributed by atoms with Gasteiger partial charge in [0.2, 0.25) is 0 Å². The van der Waals surface area contributed by atoms with E-state index >= 15 is 0 Å². The monoisotopic (exact) mass is 400 g/mol. The van der Waals surface area contributed by atoms with Gasteiger partial charge in [-0.3, -0.25) is 24.4 Å². The van der Waals surface area contributed by atoms with Gasteiger partial charge in [0, 0.05) is 0 Å². The highest BCUT2D eigenvalue weighted by Crippen LogP contribution is 2.29. The van der Waals surface area contributed by atoms with Crippen molar-refractivity contribution in [1.82, 2.24) is 15.1 Å². The predicted octanol–water partition coefficient (Wildman–Crippen LogP) is 2.53. The van der Waals surface area contributed by atoms with Gasteiger partial charge >= 0.3 is 11.7 Å². The van der Waals surface area contributed by atoms with Crippen LogP contribution in [-0.4, -0.2) is 32.7 Å². The average Bonchev–Trinajstić information content (AvgIpc) is 2.95. The predicted molar refractivity (Wildman–Crippen MR) is 104 cm³/mol. The van der Waals surface area contributed by atoms with E-state index in [2.05, 4.69) is 16.5 Å². The number of carbonyl (C=O) groups excluding carboxylic acids is 2. The molecule has 1 aliphatic carbocycles. The Balaban J connectivity index is 1.60. The number of nitro groups is 1. The van der Waals surface area contributed by atoms with Crippen molar-refractivity contribution in [2.45, 2.75) is 58.7 Å². The second kappa shape index (κ2) is 8.42. The van der Waals surface area contributed by atoms with E-state index in [1.807, 2.05) is 18.2 Å². The topological polar surface area (TPSA) is 116 Å². The van der Waals surface area contributed by atoms with Crippen LogP contribution in [0.25, 0.3) is 0 Å². The van der Waals surface area contributed by atoms with Gasteiger partial charge in [0.25, 0.3) is 5.91 Å². The van der Waals surface area contributed by atoms with Crippen LogP contribution < -0.4 is 5.32 Å². The number of ether oxygens (including phenoxy) is 1. The molecule has 3 rings (SSSR count). The number of esters is 1. The van der Waals surface area contributed by atoms with E-state index in [0.717, 1.165) is 24.8 Å². The summed E-state index contributed by atoms with van der Waals surface area (Å²) < 4.78 is 6.45. The number of carbonyl (C=O) groups is 2. The highest BCUT2D eigenvalue weighted by molar-refractivity contribution is 5.83. The van der Waals surface area contributed by atoms with Crippen LogP contribution in [0, 0.1) is 24.0 Å². The molecule has 29 heavy (non-hydrogen) atoms. The molecule has 0 saturated carbocycles. The largest absolute Gasteiger partial charge is 0.451 e. The van der Waals surface area contributed by atoms with Gasteiger partial charge in [-0.25, -0.2) is 0 Å². The highest BCUT2D eigenvalue weighted by atomic mass is 16.6. The van der Waals surface area contributed by atoms with Crippen LogP contribution in [0.1, 0.15) is 48.3 Å². The molecule has 1 N–H and O–H groups in total. The van der Waals surface area contributed by atoms with Gasteiger partial charge in [-0.05, 0) is 51.2 Å². The van der Waals surface area contributed by atoms with Crippen molar-refractivity contribution in [2.24, 2.45) is 0 Å². The summed E-state index contributed by atoms with van der Waals surface area (Å²) in [6.07, 6.45) is 1.82. The highest BCUT2D eigenvalue weighted by Gasteiger charge is 2.27.